The van der Waals surface area contributed by atoms with Crippen molar-refractivity contribution in [3.63, 3.8) is 0 Å². The minimum atomic E-state index is -4.89. The number of halogens is 5. The Morgan fingerprint density at radius 1 is 0.931 bits per heavy atom. The fourth-order valence-electron chi connectivity index (χ4n) is 2.74. The van der Waals surface area contributed by atoms with Crippen LogP contribution >= 0.6 is 0 Å². The first-order valence-electron chi connectivity index (χ1n) is 7.95. The lowest BCUT2D eigenvalue weighted by atomic mass is 9.96. The summed E-state index contributed by atoms with van der Waals surface area (Å²) in [7, 11) is -3.99. The van der Waals surface area contributed by atoms with Gasteiger partial charge in [0, 0.05) is 29.8 Å². The van der Waals surface area contributed by atoms with Gasteiger partial charge in [0.05, 0.1) is 0 Å². The van der Waals surface area contributed by atoms with Crippen molar-refractivity contribution in [3.05, 3.63) is 66.5 Å². The number of sulfone groups is 1. The van der Waals surface area contributed by atoms with Gasteiger partial charge in [-0.05, 0) is 41.5 Å². The number of aromatic nitrogens is 1. The molecule has 0 spiro atoms. The maximum atomic E-state index is 14.6. The zero-order valence-electron chi connectivity index (χ0n) is 14.7. The van der Waals surface area contributed by atoms with Crippen LogP contribution in [0.1, 0.15) is 0 Å². The summed E-state index contributed by atoms with van der Waals surface area (Å²) in [5, 5.41) is 0. The maximum Gasteiger partial charge on any atom is 0.573 e. The van der Waals surface area contributed by atoms with E-state index in [9.17, 15) is 30.4 Å². The number of ether oxygens (including phenoxy) is 1. The molecule has 0 atom stereocenters. The van der Waals surface area contributed by atoms with Crippen LogP contribution in [0.25, 0.3) is 22.3 Å². The van der Waals surface area contributed by atoms with Gasteiger partial charge in [0.2, 0.25) is 0 Å². The highest BCUT2D eigenvalue weighted by Crippen LogP contribution is 2.36. The topological polar surface area (TPSA) is 56.3 Å². The Balaban J connectivity index is 2.15. The molecule has 0 aliphatic carbocycles. The normalized spacial score (nSPS) is 12.1. The summed E-state index contributed by atoms with van der Waals surface area (Å²) >= 11 is 0. The molecule has 0 N–H and O–H groups in total. The summed E-state index contributed by atoms with van der Waals surface area (Å²) in [4.78, 5) is 3.05. The Kier molecular flexibility index (Phi) is 5.31. The van der Waals surface area contributed by atoms with Crippen molar-refractivity contribution in [1.82, 2.24) is 4.98 Å². The lowest BCUT2D eigenvalue weighted by Crippen LogP contribution is -2.17. The molecule has 0 amide bonds. The summed E-state index contributed by atoms with van der Waals surface area (Å²) in [5.41, 5.74) is 0.252. The van der Waals surface area contributed by atoms with Gasteiger partial charge in [-0.1, -0.05) is 12.1 Å². The molecule has 0 fully saturated rings. The quantitative estimate of drug-likeness (QED) is 0.548. The van der Waals surface area contributed by atoms with Gasteiger partial charge in [-0.3, -0.25) is 4.98 Å². The average Bonchev–Trinajstić information content (AvgIpc) is 2.61. The Hall–Kier alpha value is -3.01. The van der Waals surface area contributed by atoms with Crippen LogP contribution in [-0.2, 0) is 9.84 Å². The van der Waals surface area contributed by atoms with E-state index in [-0.39, 0.29) is 22.3 Å². The molecule has 0 saturated heterocycles. The summed E-state index contributed by atoms with van der Waals surface area (Å²) < 4.78 is 93.4. The van der Waals surface area contributed by atoms with Crippen molar-refractivity contribution in [2.75, 3.05) is 6.26 Å². The highest BCUT2D eigenvalue weighted by atomic mass is 32.2. The lowest BCUT2D eigenvalue weighted by molar-refractivity contribution is -0.274. The molecule has 0 saturated carbocycles. The van der Waals surface area contributed by atoms with Crippen LogP contribution in [0.15, 0.2) is 59.8 Å². The van der Waals surface area contributed by atoms with Gasteiger partial charge in [0.25, 0.3) is 0 Å². The van der Waals surface area contributed by atoms with E-state index in [1.54, 1.807) is 0 Å². The minimum Gasteiger partial charge on any atom is -0.406 e. The number of nitrogens with zero attached hydrogens (tertiary/aromatic N) is 1. The monoisotopic (exact) mass is 429 g/mol. The number of alkyl halides is 3. The second-order valence-electron chi connectivity index (χ2n) is 6.03. The SMILES string of the molecule is CS(=O)(=O)c1cc(F)c(-c2cnccc2-c2cccc(OC(F)(F)F)c2)cc1F. The van der Waals surface area contributed by atoms with Crippen LogP contribution in [0.3, 0.4) is 0 Å². The van der Waals surface area contributed by atoms with E-state index in [4.69, 9.17) is 0 Å². The zero-order chi connectivity index (χ0) is 21.4. The third kappa shape index (κ3) is 4.70. The van der Waals surface area contributed by atoms with Crippen molar-refractivity contribution in [1.29, 1.82) is 0 Å². The van der Waals surface area contributed by atoms with Crippen molar-refractivity contribution >= 4 is 9.84 Å². The summed E-state index contributed by atoms with van der Waals surface area (Å²) in [5.74, 6) is -2.67. The fourth-order valence-corrected chi connectivity index (χ4v) is 3.47. The first-order valence-corrected chi connectivity index (χ1v) is 9.84. The molecule has 1 heterocycles. The van der Waals surface area contributed by atoms with E-state index < -0.39 is 38.5 Å². The number of hydrogen-bond acceptors (Lipinski definition) is 4. The van der Waals surface area contributed by atoms with Crippen LogP contribution in [0.2, 0.25) is 0 Å². The first kappa shape index (κ1) is 20.7. The smallest absolute Gasteiger partial charge is 0.406 e. The van der Waals surface area contributed by atoms with Gasteiger partial charge in [0.1, 0.15) is 22.3 Å². The van der Waals surface area contributed by atoms with Gasteiger partial charge in [-0.2, -0.15) is 0 Å². The third-order valence-corrected chi connectivity index (χ3v) is 5.02. The predicted molar refractivity (Wildman–Crippen MR) is 94.8 cm³/mol. The Morgan fingerprint density at radius 2 is 1.66 bits per heavy atom. The Bertz CT molecular complexity index is 1180. The van der Waals surface area contributed by atoms with Gasteiger partial charge in [-0.15, -0.1) is 13.2 Å². The van der Waals surface area contributed by atoms with E-state index in [0.29, 0.717) is 12.1 Å². The fraction of sp³-hybridized carbons (Fsp3) is 0.105. The number of rotatable bonds is 4. The van der Waals surface area contributed by atoms with Gasteiger partial charge in [0.15, 0.2) is 9.84 Å². The highest BCUT2D eigenvalue weighted by molar-refractivity contribution is 7.90. The molecule has 0 aliphatic heterocycles. The van der Waals surface area contributed by atoms with Gasteiger partial charge >= 0.3 is 6.36 Å². The second kappa shape index (κ2) is 7.43. The summed E-state index contributed by atoms with van der Waals surface area (Å²) in [6.07, 6.45) is -1.62. The first-order chi connectivity index (χ1) is 13.5. The molecule has 2 aromatic carbocycles. The minimum absolute atomic E-state index is 0.0631. The largest absolute Gasteiger partial charge is 0.573 e. The number of pyridine rings is 1. The average molecular weight is 429 g/mol. The van der Waals surface area contributed by atoms with Gasteiger partial charge in [-0.25, -0.2) is 17.2 Å². The molecule has 10 heteroatoms. The molecular weight excluding hydrogens is 417 g/mol. The standard InChI is InChI=1S/C19H12F5NO3S/c1-29(26,27)18-9-16(20)14(8-17(18)21)15-10-25-6-5-13(15)11-3-2-4-12(7-11)28-19(22,23)24/h2-10H,1H3. The molecule has 0 bridgehead atoms. The van der Waals surface area contributed by atoms with Gasteiger partial charge < -0.3 is 4.74 Å². The van der Waals surface area contributed by atoms with Crippen molar-refractivity contribution in [3.8, 4) is 28.0 Å². The third-order valence-electron chi connectivity index (χ3n) is 3.91. The van der Waals surface area contributed by atoms with Crippen LogP contribution in [0.4, 0.5) is 22.0 Å². The van der Waals surface area contributed by atoms with Crippen LogP contribution in [-0.4, -0.2) is 26.0 Å². The van der Waals surface area contributed by atoms with E-state index in [2.05, 4.69) is 9.72 Å². The molecule has 29 heavy (non-hydrogen) atoms. The predicted octanol–water partition coefficient (Wildman–Crippen LogP) is 5.00. The van der Waals surface area contributed by atoms with E-state index >= 15 is 0 Å². The molecule has 3 aromatic rings. The lowest BCUT2D eigenvalue weighted by Gasteiger charge is -2.14. The summed E-state index contributed by atoms with van der Waals surface area (Å²) in [6.45, 7) is 0. The molecule has 0 radical (unpaired) electrons. The molecule has 152 valence electrons. The molecule has 4 nitrogen and oxygen atoms in total. The van der Waals surface area contributed by atoms with Crippen molar-refractivity contribution < 1.29 is 35.1 Å². The maximum absolute atomic E-state index is 14.6. The Labute approximate surface area is 162 Å². The highest BCUT2D eigenvalue weighted by Gasteiger charge is 2.31. The zero-order valence-corrected chi connectivity index (χ0v) is 15.5. The van der Waals surface area contributed by atoms with Crippen LogP contribution in [0.5, 0.6) is 5.75 Å². The Morgan fingerprint density at radius 3 is 2.31 bits per heavy atom. The number of hydrogen-bond donors (Lipinski definition) is 0. The van der Waals surface area contributed by atoms with Crippen LogP contribution < -0.4 is 4.74 Å². The van der Waals surface area contributed by atoms with Crippen molar-refractivity contribution in [2.45, 2.75) is 11.3 Å². The molecule has 0 aliphatic rings. The van der Waals surface area contributed by atoms with E-state index in [1.807, 2.05) is 0 Å². The number of benzene rings is 2. The molecular formula is C19H12F5NO3S. The van der Waals surface area contributed by atoms with Crippen LogP contribution in [0, 0.1) is 11.6 Å². The molecule has 3 rings (SSSR count). The second-order valence-corrected chi connectivity index (χ2v) is 8.02. The summed E-state index contributed by atoms with van der Waals surface area (Å²) in [6, 6.07) is 7.63. The van der Waals surface area contributed by atoms with Crippen molar-refractivity contribution in [2.24, 2.45) is 0 Å². The van der Waals surface area contributed by atoms with E-state index in [1.165, 1.54) is 30.6 Å². The molecule has 0 unspecified atom stereocenters. The van der Waals surface area contributed by atoms with E-state index in [0.717, 1.165) is 18.4 Å². The molecule has 1 aromatic heterocycles.